The Kier molecular flexibility index (Phi) is 6.66. The van der Waals surface area contributed by atoms with E-state index in [9.17, 15) is 14.4 Å². The standard InChI is InChI=1S/C23H20N4O4S/c28-20(24-22(19-11-6-14-32-19)16-7-2-1-3-8-16)15-31-21(29)12-13-27-23(30)17-9-4-5-10-18(17)25-26-27/h1-11,14,22H,12-13,15H2,(H,24,28). The molecule has 9 heteroatoms. The van der Waals surface area contributed by atoms with Crippen LogP contribution in [-0.2, 0) is 20.9 Å². The lowest BCUT2D eigenvalue weighted by molar-refractivity contribution is -0.148. The summed E-state index contributed by atoms with van der Waals surface area (Å²) >= 11 is 1.53. The SMILES string of the molecule is O=C(COC(=O)CCn1nnc2ccccc2c1=O)NC(c1ccccc1)c1cccs1. The average Bonchev–Trinajstić information content (AvgIpc) is 3.36. The maximum atomic E-state index is 12.4. The minimum Gasteiger partial charge on any atom is -0.456 e. The molecule has 0 aliphatic heterocycles. The lowest BCUT2D eigenvalue weighted by Crippen LogP contribution is -2.33. The second-order valence-electron chi connectivity index (χ2n) is 6.97. The number of nitrogens with zero attached hydrogens (tertiary/aromatic N) is 3. The van der Waals surface area contributed by atoms with Gasteiger partial charge in [0.15, 0.2) is 6.61 Å². The van der Waals surface area contributed by atoms with Gasteiger partial charge in [-0.25, -0.2) is 4.68 Å². The molecule has 2 aromatic carbocycles. The molecular weight excluding hydrogens is 428 g/mol. The molecule has 2 heterocycles. The fraction of sp³-hybridized carbons (Fsp3) is 0.174. The predicted octanol–water partition coefficient (Wildman–Crippen LogP) is 2.69. The number of aryl methyl sites for hydroxylation is 1. The number of carbonyl (C=O) groups excluding carboxylic acids is 2. The smallest absolute Gasteiger partial charge is 0.308 e. The first-order valence-electron chi connectivity index (χ1n) is 9.97. The summed E-state index contributed by atoms with van der Waals surface area (Å²) in [6.07, 6.45) is -0.104. The third kappa shape index (κ3) is 5.06. The zero-order valence-electron chi connectivity index (χ0n) is 17.0. The topological polar surface area (TPSA) is 103 Å². The van der Waals surface area contributed by atoms with Crippen LogP contribution in [0.1, 0.15) is 22.9 Å². The van der Waals surface area contributed by atoms with E-state index >= 15 is 0 Å². The zero-order valence-corrected chi connectivity index (χ0v) is 17.8. The van der Waals surface area contributed by atoms with Gasteiger partial charge in [-0.1, -0.05) is 53.7 Å². The molecule has 0 saturated carbocycles. The Morgan fingerprint density at radius 2 is 1.81 bits per heavy atom. The summed E-state index contributed by atoms with van der Waals surface area (Å²) < 4.78 is 6.21. The zero-order chi connectivity index (χ0) is 22.3. The molecule has 4 rings (SSSR count). The highest BCUT2D eigenvalue weighted by Gasteiger charge is 2.18. The molecule has 4 aromatic rings. The van der Waals surface area contributed by atoms with Crippen molar-refractivity contribution in [2.75, 3.05) is 6.61 Å². The lowest BCUT2D eigenvalue weighted by atomic mass is 10.1. The molecule has 0 spiro atoms. The quantitative estimate of drug-likeness (QED) is 0.416. The predicted molar refractivity (Wildman–Crippen MR) is 120 cm³/mol. The van der Waals surface area contributed by atoms with Gasteiger partial charge >= 0.3 is 5.97 Å². The summed E-state index contributed by atoms with van der Waals surface area (Å²) in [7, 11) is 0. The normalized spacial score (nSPS) is 11.8. The van der Waals surface area contributed by atoms with Crippen molar-refractivity contribution in [3.8, 4) is 0 Å². The van der Waals surface area contributed by atoms with E-state index in [0.717, 1.165) is 15.1 Å². The summed E-state index contributed by atoms with van der Waals surface area (Å²) in [6, 6.07) is 20.0. The van der Waals surface area contributed by atoms with Crippen molar-refractivity contribution in [1.82, 2.24) is 20.3 Å². The second-order valence-corrected chi connectivity index (χ2v) is 7.95. The van der Waals surface area contributed by atoms with Crippen molar-refractivity contribution < 1.29 is 14.3 Å². The van der Waals surface area contributed by atoms with Gasteiger partial charge in [0.05, 0.1) is 24.4 Å². The minimum atomic E-state index is -0.602. The third-order valence-electron chi connectivity index (χ3n) is 4.79. The van der Waals surface area contributed by atoms with Crippen LogP contribution in [0.2, 0.25) is 0 Å². The molecule has 1 amide bonds. The van der Waals surface area contributed by atoms with Crippen LogP contribution in [0.15, 0.2) is 76.9 Å². The number of thiophene rings is 1. The molecule has 0 aliphatic carbocycles. The van der Waals surface area contributed by atoms with Gasteiger partial charge in [-0.3, -0.25) is 14.4 Å². The van der Waals surface area contributed by atoms with Crippen molar-refractivity contribution in [3.63, 3.8) is 0 Å². The first-order valence-corrected chi connectivity index (χ1v) is 10.9. The van der Waals surface area contributed by atoms with Gasteiger partial charge in [-0.15, -0.1) is 16.4 Å². The van der Waals surface area contributed by atoms with Crippen LogP contribution < -0.4 is 10.9 Å². The molecule has 1 unspecified atom stereocenters. The summed E-state index contributed by atoms with van der Waals surface area (Å²) in [5, 5.41) is 13.1. The van der Waals surface area contributed by atoms with Crippen LogP contribution >= 0.6 is 11.3 Å². The van der Waals surface area contributed by atoms with E-state index in [1.54, 1.807) is 24.3 Å². The molecule has 0 aliphatic rings. The number of carbonyl (C=O) groups is 2. The Morgan fingerprint density at radius 1 is 1.03 bits per heavy atom. The Morgan fingerprint density at radius 3 is 2.59 bits per heavy atom. The van der Waals surface area contributed by atoms with E-state index in [0.29, 0.717) is 10.9 Å². The summed E-state index contributed by atoms with van der Waals surface area (Å²) in [5.41, 5.74) is 1.10. The minimum absolute atomic E-state index is 0.0129. The number of hydrogen-bond acceptors (Lipinski definition) is 7. The van der Waals surface area contributed by atoms with Crippen LogP contribution in [0.3, 0.4) is 0 Å². The Balaban J connectivity index is 1.32. The summed E-state index contributed by atoms with van der Waals surface area (Å²) in [5.74, 6) is -1.02. The molecule has 2 aromatic heterocycles. The second kappa shape index (κ2) is 9.97. The molecular formula is C23H20N4O4S. The largest absolute Gasteiger partial charge is 0.456 e. The molecule has 1 atom stereocenters. The number of nitrogens with one attached hydrogen (secondary N) is 1. The fourth-order valence-corrected chi connectivity index (χ4v) is 4.01. The Hall–Kier alpha value is -3.85. The number of aromatic nitrogens is 3. The van der Waals surface area contributed by atoms with E-state index in [4.69, 9.17) is 4.74 Å². The number of amides is 1. The monoisotopic (exact) mass is 448 g/mol. The molecule has 1 N–H and O–H groups in total. The van der Waals surface area contributed by atoms with E-state index in [1.807, 2.05) is 47.8 Å². The van der Waals surface area contributed by atoms with Gasteiger partial charge < -0.3 is 10.1 Å². The average molecular weight is 449 g/mol. The first kappa shape index (κ1) is 21.4. The molecule has 0 saturated heterocycles. The maximum Gasteiger partial charge on any atom is 0.308 e. The number of rotatable bonds is 8. The first-order chi connectivity index (χ1) is 15.6. The van der Waals surface area contributed by atoms with E-state index in [2.05, 4.69) is 15.6 Å². The molecule has 162 valence electrons. The van der Waals surface area contributed by atoms with E-state index in [1.165, 1.54) is 11.3 Å². The van der Waals surface area contributed by atoms with Gasteiger partial charge in [-0.05, 0) is 29.1 Å². The van der Waals surface area contributed by atoms with Crippen LogP contribution in [0.25, 0.3) is 10.9 Å². The summed E-state index contributed by atoms with van der Waals surface area (Å²) in [4.78, 5) is 38.0. The number of benzene rings is 2. The molecule has 0 bridgehead atoms. The highest BCUT2D eigenvalue weighted by atomic mass is 32.1. The summed E-state index contributed by atoms with van der Waals surface area (Å²) in [6.45, 7) is -0.398. The van der Waals surface area contributed by atoms with Crippen molar-refractivity contribution in [1.29, 1.82) is 0 Å². The van der Waals surface area contributed by atoms with Crippen LogP contribution in [0.5, 0.6) is 0 Å². The Bertz CT molecular complexity index is 1270. The van der Waals surface area contributed by atoms with Crippen molar-refractivity contribution in [2.24, 2.45) is 0 Å². The maximum absolute atomic E-state index is 12.4. The van der Waals surface area contributed by atoms with Crippen molar-refractivity contribution in [2.45, 2.75) is 19.0 Å². The van der Waals surface area contributed by atoms with Gasteiger partial charge in [0.2, 0.25) is 0 Å². The van der Waals surface area contributed by atoms with E-state index < -0.39 is 18.5 Å². The van der Waals surface area contributed by atoms with Crippen molar-refractivity contribution >= 4 is 34.1 Å². The Labute approximate surface area is 187 Å². The van der Waals surface area contributed by atoms with Crippen LogP contribution in [0, 0.1) is 0 Å². The van der Waals surface area contributed by atoms with Gasteiger partial charge in [-0.2, -0.15) is 0 Å². The fourth-order valence-electron chi connectivity index (χ4n) is 3.21. The number of ether oxygens (including phenoxy) is 1. The number of esters is 1. The van der Waals surface area contributed by atoms with Crippen LogP contribution in [-0.4, -0.2) is 33.5 Å². The lowest BCUT2D eigenvalue weighted by Gasteiger charge is -2.18. The molecule has 0 fully saturated rings. The highest BCUT2D eigenvalue weighted by Crippen LogP contribution is 2.25. The van der Waals surface area contributed by atoms with Crippen molar-refractivity contribution in [3.05, 3.63) is 92.9 Å². The number of hydrogen-bond donors (Lipinski definition) is 1. The molecule has 32 heavy (non-hydrogen) atoms. The van der Waals surface area contributed by atoms with Gasteiger partial charge in [0.1, 0.15) is 5.52 Å². The van der Waals surface area contributed by atoms with E-state index in [-0.39, 0.29) is 24.6 Å². The van der Waals surface area contributed by atoms with Gasteiger partial charge in [0.25, 0.3) is 11.5 Å². The molecule has 0 radical (unpaired) electrons. The number of fused-ring (bicyclic) bond motifs is 1. The van der Waals surface area contributed by atoms with Gasteiger partial charge in [0, 0.05) is 4.88 Å². The highest BCUT2D eigenvalue weighted by molar-refractivity contribution is 7.10. The third-order valence-corrected chi connectivity index (χ3v) is 5.72. The van der Waals surface area contributed by atoms with Crippen LogP contribution in [0.4, 0.5) is 0 Å². The molecule has 8 nitrogen and oxygen atoms in total.